The SMILES string of the molecule is CN1CC(Nc2nc3ccccc3o2)CCC1=O. The van der Waals surface area contributed by atoms with E-state index in [1.165, 1.54) is 0 Å². The number of likely N-dealkylation sites (tertiary alicyclic amines) is 1. The van der Waals surface area contributed by atoms with Crippen molar-refractivity contribution >= 4 is 23.0 Å². The molecule has 0 aliphatic carbocycles. The van der Waals surface area contributed by atoms with Gasteiger partial charge in [-0.2, -0.15) is 4.98 Å². The minimum Gasteiger partial charge on any atom is -0.424 e. The van der Waals surface area contributed by atoms with E-state index in [2.05, 4.69) is 10.3 Å². The van der Waals surface area contributed by atoms with Crippen LogP contribution in [0.4, 0.5) is 6.01 Å². The van der Waals surface area contributed by atoms with Crippen LogP contribution in [0.1, 0.15) is 12.8 Å². The molecule has 18 heavy (non-hydrogen) atoms. The molecule has 0 bridgehead atoms. The van der Waals surface area contributed by atoms with Crippen molar-refractivity contribution in [2.45, 2.75) is 18.9 Å². The van der Waals surface area contributed by atoms with Crippen LogP contribution in [-0.4, -0.2) is 35.4 Å². The Morgan fingerprint density at radius 2 is 2.28 bits per heavy atom. The standard InChI is InChI=1S/C13H15N3O2/c1-16-8-9(6-7-12(16)17)14-13-15-10-4-2-3-5-11(10)18-13/h2-5,9H,6-8H2,1H3,(H,14,15). The zero-order valence-corrected chi connectivity index (χ0v) is 10.2. The molecule has 5 nitrogen and oxygen atoms in total. The highest BCUT2D eigenvalue weighted by molar-refractivity contribution is 5.77. The minimum atomic E-state index is 0.200. The number of hydrogen-bond donors (Lipinski definition) is 1. The highest BCUT2D eigenvalue weighted by atomic mass is 16.4. The summed E-state index contributed by atoms with van der Waals surface area (Å²) < 4.78 is 5.61. The molecule has 1 fully saturated rings. The van der Waals surface area contributed by atoms with Crippen LogP contribution in [0.5, 0.6) is 0 Å². The average molecular weight is 245 g/mol. The number of benzene rings is 1. The molecule has 1 atom stereocenters. The zero-order chi connectivity index (χ0) is 12.5. The third-order valence-corrected chi connectivity index (χ3v) is 3.25. The zero-order valence-electron chi connectivity index (χ0n) is 10.2. The second-order valence-electron chi connectivity index (χ2n) is 4.64. The Hall–Kier alpha value is -2.04. The molecule has 0 saturated carbocycles. The molecule has 1 saturated heterocycles. The van der Waals surface area contributed by atoms with Crippen LogP contribution < -0.4 is 5.32 Å². The number of carbonyl (C=O) groups excluding carboxylic acids is 1. The Morgan fingerprint density at radius 3 is 3.06 bits per heavy atom. The first-order chi connectivity index (χ1) is 8.72. The average Bonchev–Trinajstić information content (AvgIpc) is 2.76. The van der Waals surface area contributed by atoms with Crippen molar-refractivity contribution in [3.8, 4) is 0 Å². The summed E-state index contributed by atoms with van der Waals surface area (Å²) in [5.74, 6) is 0.200. The number of likely N-dealkylation sites (N-methyl/N-ethyl adjacent to an activating group) is 1. The predicted molar refractivity (Wildman–Crippen MR) is 68.3 cm³/mol. The van der Waals surface area contributed by atoms with Crippen LogP contribution in [0.15, 0.2) is 28.7 Å². The molecule has 1 N–H and O–H groups in total. The first-order valence-corrected chi connectivity index (χ1v) is 6.08. The summed E-state index contributed by atoms with van der Waals surface area (Å²) in [5, 5.41) is 3.25. The molecule has 2 aromatic rings. The van der Waals surface area contributed by atoms with Crippen molar-refractivity contribution in [3.63, 3.8) is 0 Å². The number of rotatable bonds is 2. The first kappa shape index (κ1) is 11.1. The van der Waals surface area contributed by atoms with E-state index >= 15 is 0 Å². The number of oxazole rings is 1. The molecule has 2 heterocycles. The second kappa shape index (κ2) is 4.33. The largest absolute Gasteiger partial charge is 0.424 e. The summed E-state index contributed by atoms with van der Waals surface area (Å²) in [4.78, 5) is 17.5. The number of aromatic nitrogens is 1. The number of carbonyl (C=O) groups is 1. The number of amides is 1. The van der Waals surface area contributed by atoms with Gasteiger partial charge in [-0.25, -0.2) is 0 Å². The molecule has 1 aromatic carbocycles. The fourth-order valence-corrected chi connectivity index (χ4v) is 2.24. The molecule has 1 aliphatic heterocycles. The van der Waals surface area contributed by atoms with Gasteiger partial charge in [-0.3, -0.25) is 4.79 Å². The fourth-order valence-electron chi connectivity index (χ4n) is 2.24. The maximum absolute atomic E-state index is 11.4. The summed E-state index contributed by atoms with van der Waals surface area (Å²) in [5.41, 5.74) is 1.63. The van der Waals surface area contributed by atoms with Gasteiger partial charge in [0, 0.05) is 26.1 Å². The molecule has 1 aromatic heterocycles. The van der Waals surface area contributed by atoms with E-state index < -0.39 is 0 Å². The minimum absolute atomic E-state index is 0.200. The van der Waals surface area contributed by atoms with Crippen LogP contribution in [0, 0.1) is 0 Å². The predicted octanol–water partition coefficient (Wildman–Crippen LogP) is 1.86. The number of fused-ring (bicyclic) bond motifs is 1. The Balaban J connectivity index is 1.74. The third kappa shape index (κ3) is 2.03. The fraction of sp³-hybridized carbons (Fsp3) is 0.385. The van der Waals surface area contributed by atoms with Gasteiger partial charge in [0.2, 0.25) is 5.91 Å². The van der Waals surface area contributed by atoms with Crippen molar-refractivity contribution in [2.24, 2.45) is 0 Å². The number of para-hydroxylation sites is 2. The molecule has 5 heteroatoms. The van der Waals surface area contributed by atoms with Gasteiger partial charge >= 0.3 is 0 Å². The summed E-state index contributed by atoms with van der Waals surface area (Å²) in [6.07, 6.45) is 1.40. The van der Waals surface area contributed by atoms with Gasteiger partial charge < -0.3 is 14.6 Å². The van der Waals surface area contributed by atoms with Crippen molar-refractivity contribution in [2.75, 3.05) is 18.9 Å². The van der Waals surface area contributed by atoms with Crippen LogP contribution in [0.2, 0.25) is 0 Å². The van der Waals surface area contributed by atoms with Gasteiger partial charge in [0.05, 0.1) is 0 Å². The Labute approximate surface area is 105 Å². The maximum atomic E-state index is 11.4. The molecule has 0 radical (unpaired) electrons. The van der Waals surface area contributed by atoms with Crippen LogP contribution >= 0.6 is 0 Å². The lowest BCUT2D eigenvalue weighted by Gasteiger charge is -2.29. The van der Waals surface area contributed by atoms with E-state index in [-0.39, 0.29) is 11.9 Å². The Kier molecular flexibility index (Phi) is 2.66. The van der Waals surface area contributed by atoms with Crippen molar-refractivity contribution < 1.29 is 9.21 Å². The second-order valence-corrected chi connectivity index (χ2v) is 4.64. The van der Waals surface area contributed by atoms with Crippen molar-refractivity contribution in [1.29, 1.82) is 0 Å². The molecule has 1 amide bonds. The van der Waals surface area contributed by atoms with Crippen molar-refractivity contribution in [1.82, 2.24) is 9.88 Å². The lowest BCUT2D eigenvalue weighted by atomic mass is 10.1. The lowest BCUT2D eigenvalue weighted by molar-refractivity contribution is -0.132. The van der Waals surface area contributed by atoms with E-state index in [1.54, 1.807) is 4.90 Å². The molecular formula is C13H15N3O2. The van der Waals surface area contributed by atoms with Crippen LogP contribution in [0.3, 0.4) is 0 Å². The van der Waals surface area contributed by atoms with Gasteiger partial charge in [-0.1, -0.05) is 12.1 Å². The lowest BCUT2D eigenvalue weighted by Crippen LogP contribution is -2.43. The number of hydrogen-bond acceptors (Lipinski definition) is 4. The summed E-state index contributed by atoms with van der Waals surface area (Å²) >= 11 is 0. The van der Waals surface area contributed by atoms with Crippen LogP contribution in [0.25, 0.3) is 11.1 Å². The Bertz CT molecular complexity index is 545. The van der Waals surface area contributed by atoms with Gasteiger partial charge in [0.15, 0.2) is 5.58 Å². The Morgan fingerprint density at radius 1 is 1.44 bits per heavy atom. The quantitative estimate of drug-likeness (QED) is 0.877. The number of nitrogens with zero attached hydrogens (tertiary/aromatic N) is 2. The molecule has 1 aliphatic rings. The molecule has 0 spiro atoms. The maximum Gasteiger partial charge on any atom is 0.295 e. The smallest absolute Gasteiger partial charge is 0.295 e. The van der Waals surface area contributed by atoms with Gasteiger partial charge in [0.25, 0.3) is 6.01 Å². The number of anilines is 1. The highest BCUT2D eigenvalue weighted by Gasteiger charge is 2.23. The van der Waals surface area contributed by atoms with Gasteiger partial charge in [0.1, 0.15) is 5.52 Å². The van der Waals surface area contributed by atoms with E-state index in [1.807, 2.05) is 31.3 Å². The molecular weight excluding hydrogens is 230 g/mol. The monoisotopic (exact) mass is 245 g/mol. The number of nitrogens with one attached hydrogen (secondary N) is 1. The third-order valence-electron chi connectivity index (χ3n) is 3.25. The summed E-state index contributed by atoms with van der Waals surface area (Å²) in [7, 11) is 1.82. The normalized spacial score (nSPS) is 20.4. The molecule has 1 unspecified atom stereocenters. The van der Waals surface area contributed by atoms with Crippen LogP contribution in [-0.2, 0) is 4.79 Å². The number of piperidine rings is 1. The van der Waals surface area contributed by atoms with E-state index in [0.717, 1.165) is 17.5 Å². The van der Waals surface area contributed by atoms with E-state index in [4.69, 9.17) is 4.42 Å². The van der Waals surface area contributed by atoms with Crippen molar-refractivity contribution in [3.05, 3.63) is 24.3 Å². The van der Waals surface area contributed by atoms with Gasteiger partial charge in [-0.15, -0.1) is 0 Å². The highest BCUT2D eigenvalue weighted by Crippen LogP contribution is 2.20. The topological polar surface area (TPSA) is 58.4 Å². The van der Waals surface area contributed by atoms with Gasteiger partial charge in [-0.05, 0) is 18.6 Å². The molecule has 94 valence electrons. The van der Waals surface area contributed by atoms with E-state index in [0.29, 0.717) is 19.0 Å². The first-order valence-electron chi connectivity index (χ1n) is 6.08. The molecule has 3 rings (SSSR count). The van der Waals surface area contributed by atoms with E-state index in [9.17, 15) is 4.79 Å². The summed E-state index contributed by atoms with van der Waals surface area (Å²) in [6, 6.07) is 8.40. The summed E-state index contributed by atoms with van der Waals surface area (Å²) in [6.45, 7) is 0.692.